The van der Waals surface area contributed by atoms with Gasteiger partial charge in [-0.25, -0.2) is 9.69 Å². The number of carbonyl (C=O) groups excluding carboxylic acids is 3. The molecule has 0 radical (unpaired) electrons. The van der Waals surface area contributed by atoms with Crippen LogP contribution in [-0.4, -0.2) is 39.8 Å². The average Bonchev–Trinajstić information content (AvgIpc) is 2.97. The van der Waals surface area contributed by atoms with Crippen molar-refractivity contribution >= 4 is 40.1 Å². The molecule has 1 aromatic heterocycles. The fourth-order valence-electron chi connectivity index (χ4n) is 3.83. The molecule has 4 amide bonds. The number of nitriles is 1. The van der Waals surface area contributed by atoms with E-state index in [1.807, 2.05) is 6.07 Å². The van der Waals surface area contributed by atoms with Gasteiger partial charge in [-0.15, -0.1) is 0 Å². The number of nitrogens with zero attached hydrogens (tertiary/aromatic N) is 4. The number of hydrogen-bond donors (Lipinski definition) is 1. The van der Waals surface area contributed by atoms with Crippen molar-refractivity contribution in [2.75, 3.05) is 16.8 Å². The van der Waals surface area contributed by atoms with Crippen LogP contribution in [0.3, 0.4) is 0 Å². The highest BCUT2D eigenvalue weighted by molar-refractivity contribution is 6.23. The monoisotopic (exact) mass is 481 g/mol. The van der Waals surface area contributed by atoms with Gasteiger partial charge in [-0.05, 0) is 56.3 Å². The van der Waals surface area contributed by atoms with Crippen LogP contribution in [0.1, 0.15) is 25.0 Å². The van der Waals surface area contributed by atoms with Gasteiger partial charge in [-0.1, -0.05) is 6.07 Å². The first-order valence-corrected chi connectivity index (χ1v) is 10.4. The lowest BCUT2D eigenvalue weighted by Crippen LogP contribution is -2.47. The SMILES string of the molecule is CC1(C)C(=O)N(c2ccc(C#N)c(C(F)(F)F)c2)C(=O)N1CC(=O)Nc1ccc2ncccc2c1. The van der Waals surface area contributed by atoms with Crippen LogP contribution in [0.2, 0.25) is 0 Å². The maximum Gasteiger partial charge on any atom is 0.417 e. The van der Waals surface area contributed by atoms with E-state index in [0.29, 0.717) is 16.7 Å². The number of imide groups is 1. The Morgan fingerprint density at radius 1 is 1.14 bits per heavy atom. The molecule has 11 heteroatoms. The number of nitrogens with one attached hydrogen (secondary N) is 1. The molecule has 0 atom stereocenters. The van der Waals surface area contributed by atoms with E-state index >= 15 is 0 Å². The van der Waals surface area contributed by atoms with Gasteiger partial charge in [0.2, 0.25) is 5.91 Å². The first kappa shape index (κ1) is 23.7. The Hall–Kier alpha value is -4.46. The van der Waals surface area contributed by atoms with E-state index in [0.717, 1.165) is 27.9 Å². The largest absolute Gasteiger partial charge is 0.417 e. The van der Waals surface area contributed by atoms with Crippen molar-refractivity contribution in [3.8, 4) is 6.07 Å². The molecule has 8 nitrogen and oxygen atoms in total. The summed E-state index contributed by atoms with van der Waals surface area (Å²) in [7, 11) is 0. The first-order chi connectivity index (χ1) is 16.4. The van der Waals surface area contributed by atoms with Gasteiger partial charge in [0.1, 0.15) is 12.1 Å². The number of anilines is 2. The molecule has 1 aliphatic heterocycles. The second kappa shape index (κ2) is 8.39. The lowest BCUT2D eigenvalue weighted by molar-refractivity contribution is -0.137. The molecule has 2 heterocycles. The number of hydrogen-bond acceptors (Lipinski definition) is 5. The van der Waals surface area contributed by atoms with E-state index in [9.17, 15) is 27.6 Å². The number of rotatable bonds is 4. The minimum absolute atomic E-state index is 0.343. The molecule has 0 saturated carbocycles. The van der Waals surface area contributed by atoms with Gasteiger partial charge in [0.05, 0.1) is 28.4 Å². The van der Waals surface area contributed by atoms with Gasteiger partial charge in [-0.3, -0.25) is 14.6 Å². The molecule has 2 aromatic carbocycles. The zero-order chi connectivity index (χ0) is 25.5. The lowest BCUT2D eigenvalue weighted by Gasteiger charge is -2.27. The van der Waals surface area contributed by atoms with Gasteiger partial charge in [-0.2, -0.15) is 18.4 Å². The highest BCUT2D eigenvalue weighted by atomic mass is 19.4. The van der Waals surface area contributed by atoms with Gasteiger partial charge in [0.15, 0.2) is 0 Å². The van der Waals surface area contributed by atoms with Crippen LogP contribution >= 0.6 is 0 Å². The number of alkyl halides is 3. The van der Waals surface area contributed by atoms with Gasteiger partial charge < -0.3 is 10.2 Å². The summed E-state index contributed by atoms with van der Waals surface area (Å²) < 4.78 is 40.2. The molecule has 1 fully saturated rings. The highest BCUT2D eigenvalue weighted by Crippen LogP contribution is 2.37. The lowest BCUT2D eigenvalue weighted by atomic mass is 10.0. The summed E-state index contributed by atoms with van der Waals surface area (Å²) in [6.45, 7) is 2.29. The Morgan fingerprint density at radius 2 is 1.89 bits per heavy atom. The first-order valence-electron chi connectivity index (χ1n) is 10.4. The summed E-state index contributed by atoms with van der Waals surface area (Å²) in [4.78, 5) is 44.6. The molecule has 0 aliphatic carbocycles. The summed E-state index contributed by atoms with van der Waals surface area (Å²) >= 11 is 0. The van der Waals surface area contributed by atoms with Crippen LogP contribution in [0.25, 0.3) is 10.9 Å². The Bertz CT molecular complexity index is 1410. The van der Waals surface area contributed by atoms with Crippen molar-refractivity contribution in [3.05, 3.63) is 65.9 Å². The second-order valence-corrected chi connectivity index (χ2v) is 8.37. The summed E-state index contributed by atoms with van der Waals surface area (Å²) in [5, 5.41) is 12.4. The third-order valence-corrected chi connectivity index (χ3v) is 5.70. The maximum absolute atomic E-state index is 13.4. The molecule has 3 aromatic rings. The van der Waals surface area contributed by atoms with Crippen molar-refractivity contribution in [2.24, 2.45) is 0 Å². The van der Waals surface area contributed by atoms with Crippen LogP contribution in [0.15, 0.2) is 54.7 Å². The molecule has 4 rings (SSSR count). The minimum atomic E-state index is -4.86. The minimum Gasteiger partial charge on any atom is -0.325 e. The summed E-state index contributed by atoms with van der Waals surface area (Å²) in [5.41, 5.74) is -2.58. The number of carbonyl (C=O) groups is 3. The van der Waals surface area contributed by atoms with Crippen molar-refractivity contribution in [2.45, 2.75) is 25.6 Å². The molecular weight excluding hydrogens is 463 g/mol. The number of urea groups is 1. The molecular formula is C24H18F3N5O3. The Morgan fingerprint density at radius 3 is 2.57 bits per heavy atom. The molecule has 0 bridgehead atoms. The van der Waals surface area contributed by atoms with E-state index in [1.165, 1.54) is 19.9 Å². The number of fused-ring (bicyclic) bond motifs is 1. The van der Waals surface area contributed by atoms with E-state index in [1.54, 1.807) is 30.5 Å². The van der Waals surface area contributed by atoms with Gasteiger partial charge in [0, 0.05) is 17.3 Å². The van der Waals surface area contributed by atoms with Crippen LogP contribution < -0.4 is 10.2 Å². The molecule has 178 valence electrons. The topological polar surface area (TPSA) is 106 Å². The molecule has 1 saturated heterocycles. The number of benzene rings is 2. The van der Waals surface area contributed by atoms with Crippen LogP contribution in [-0.2, 0) is 15.8 Å². The molecule has 0 unspecified atom stereocenters. The summed E-state index contributed by atoms with van der Waals surface area (Å²) in [5.74, 6) is -1.40. The zero-order valence-electron chi connectivity index (χ0n) is 18.6. The van der Waals surface area contributed by atoms with E-state index < -0.39 is 47.2 Å². The fourth-order valence-corrected chi connectivity index (χ4v) is 3.83. The molecule has 0 spiro atoms. The Kier molecular flexibility index (Phi) is 5.68. The van der Waals surface area contributed by atoms with Crippen LogP contribution in [0.4, 0.5) is 29.3 Å². The third-order valence-electron chi connectivity index (χ3n) is 5.70. The van der Waals surface area contributed by atoms with Crippen molar-refractivity contribution in [1.82, 2.24) is 9.88 Å². The Labute approximate surface area is 197 Å². The predicted octanol–water partition coefficient (Wildman–Crippen LogP) is 4.31. The number of amides is 4. The van der Waals surface area contributed by atoms with E-state index in [2.05, 4.69) is 10.3 Å². The van der Waals surface area contributed by atoms with E-state index in [-0.39, 0.29) is 5.69 Å². The smallest absolute Gasteiger partial charge is 0.325 e. The summed E-state index contributed by atoms with van der Waals surface area (Å²) in [6.07, 6.45) is -3.23. The van der Waals surface area contributed by atoms with Crippen molar-refractivity contribution in [1.29, 1.82) is 5.26 Å². The number of pyridine rings is 1. The quantitative estimate of drug-likeness (QED) is 0.559. The van der Waals surface area contributed by atoms with Crippen molar-refractivity contribution in [3.63, 3.8) is 0 Å². The number of halogens is 3. The predicted molar refractivity (Wildman–Crippen MR) is 120 cm³/mol. The highest BCUT2D eigenvalue weighted by Gasteiger charge is 2.52. The standard InChI is InChI=1S/C24H18F3N5O3/c1-23(2)21(34)32(17-7-5-15(12-28)18(11-17)24(25,26)27)22(35)31(23)13-20(33)30-16-6-8-19-14(10-16)4-3-9-29-19/h3-11H,13H2,1-2H3,(H,30,33). The second-order valence-electron chi connectivity index (χ2n) is 8.37. The van der Waals surface area contributed by atoms with Gasteiger partial charge >= 0.3 is 12.2 Å². The summed E-state index contributed by atoms with van der Waals surface area (Å²) in [6, 6.07) is 11.7. The molecule has 1 N–H and O–H groups in total. The van der Waals surface area contributed by atoms with Crippen molar-refractivity contribution < 1.29 is 27.6 Å². The Balaban J connectivity index is 1.59. The van der Waals surface area contributed by atoms with Crippen LogP contribution in [0, 0.1) is 11.3 Å². The zero-order valence-corrected chi connectivity index (χ0v) is 18.6. The van der Waals surface area contributed by atoms with Gasteiger partial charge in [0.25, 0.3) is 5.91 Å². The average molecular weight is 481 g/mol. The normalized spacial score (nSPS) is 15.4. The van der Waals surface area contributed by atoms with E-state index in [4.69, 9.17) is 5.26 Å². The number of aromatic nitrogens is 1. The molecule has 1 aliphatic rings. The maximum atomic E-state index is 13.4. The third kappa shape index (κ3) is 4.26. The molecule has 35 heavy (non-hydrogen) atoms. The van der Waals surface area contributed by atoms with Crippen LogP contribution in [0.5, 0.6) is 0 Å². The fraction of sp³-hybridized carbons (Fsp3) is 0.208.